The highest BCUT2D eigenvalue weighted by atomic mass is 16.9. The molecule has 0 saturated heterocycles. The molecule has 0 heterocycles. The Kier molecular flexibility index (Phi) is 8.17. The third kappa shape index (κ3) is 6.01. The van der Waals surface area contributed by atoms with E-state index in [4.69, 9.17) is 0 Å². The van der Waals surface area contributed by atoms with E-state index in [1.807, 2.05) is 0 Å². The van der Waals surface area contributed by atoms with Gasteiger partial charge in [-0.2, -0.15) is 0 Å². The molecular weight excluding hydrogens is 346 g/mol. The van der Waals surface area contributed by atoms with E-state index in [9.17, 15) is 19.7 Å². The average molecular weight is 373 g/mol. The van der Waals surface area contributed by atoms with Crippen molar-refractivity contribution in [3.05, 3.63) is 56.7 Å². The van der Waals surface area contributed by atoms with Crippen LogP contribution >= 0.6 is 0 Å². The van der Waals surface area contributed by atoms with Crippen LogP contribution in [-0.4, -0.2) is 23.3 Å². The lowest BCUT2D eigenvalue weighted by Gasteiger charge is -2.18. The van der Waals surface area contributed by atoms with E-state index in [2.05, 4.69) is 4.84 Å². The number of ketones is 2. The molecule has 0 unspecified atom stereocenters. The molecule has 27 heavy (non-hydrogen) atoms. The Morgan fingerprint density at radius 3 is 1.96 bits per heavy atom. The summed E-state index contributed by atoms with van der Waals surface area (Å²) in [5.74, 6) is -0.0269. The quantitative estimate of drug-likeness (QED) is 0.289. The number of unbranched alkanes of at least 4 members (excludes halogenated alkanes) is 7. The number of benzene rings is 1. The fraction of sp³-hybridized carbons (Fsp3) is 0.524. The van der Waals surface area contributed by atoms with Gasteiger partial charge in [0.25, 0.3) is 5.09 Å². The van der Waals surface area contributed by atoms with Crippen molar-refractivity contribution in [1.29, 1.82) is 0 Å². The number of hydrogen-bond donors (Lipinski definition) is 0. The minimum absolute atomic E-state index is 0.000330. The van der Waals surface area contributed by atoms with Crippen molar-refractivity contribution < 1.29 is 19.5 Å². The van der Waals surface area contributed by atoms with Gasteiger partial charge in [0, 0.05) is 22.3 Å². The van der Waals surface area contributed by atoms with Crippen LogP contribution in [-0.2, 0) is 4.84 Å². The second-order valence-electron chi connectivity index (χ2n) is 6.94. The number of allylic oxidation sites excluding steroid dienone is 2. The van der Waals surface area contributed by atoms with Crippen LogP contribution < -0.4 is 0 Å². The van der Waals surface area contributed by atoms with Crippen LogP contribution in [0.25, 0.3) is 0 Å². The Labute approximate surface area is 159 Å². The lowest BCUT2D eigenvalue weighted by Crippen LogP contribution is -2.20. The van der Waals surface area contributed by atoms with E-state index in [1.54, 1.807) is 31.2 Å². The predicted octanol–water partition coefficient (Wildman–Crippen LogP) is 5.10. The first kappa shape index (κ1) is 20.8. The second kappa shape index (κ2) is 10.6. The average Bonchev–Trinajstić information content (AvgIpc) is 2.66. The highest BCUT2D eigenvalue weighted by Crippen LogP contribution is 2.29. The van der Waals surface area contributed by atoms with E-state index in [0.717, 1.165) is 44.9 Å². The molecule has 0 atom stereocenters. The standard InChI is InChI=1S/C21H27NO5/c1-16-17(21(24)19-14-10-9-13-18(19)20(16)23)12-8-6-4-2-3-5-7-11-15-27-22(25)26/h9-10,13-14H,2-8,11-12,15H2,1H3. The zero-order chi connectivity index (χ0) is 19.6. The molecule has 2 rings (SSSR count). The maximum absolute atomic E-state index is 12.6. The summed E-state index contributed by atoms with van der Waals surface area (Å²) in [6, 6.07) is 7.04. The normalized spacial score (nSPS) is 13.7. The summed E-state index contributed by atoms with van der Waals surface area (Å²) >= 11 is 0. The SMILES string of the molecule is CC1=C(CCCCCCCCCCO[N+](=O)[O-])C(=O)c2ccccc2C1=O. The van der Waals surface area contributed by atoms with Gasteiger partial charge >= 0.3 is 0 Å². The van der Waals surface area contributed by atoms with Gasteiger partial charge in [0.1, 0.15) is 0 Å². The Morgan fingerprint density at radius 1 is 0.852 bits per heavy atom. The molecule has 1 aromatic carbocycles. The van der Waals surface area contributed by atoms with Crippen molar-refractivity contribution in [3.63, 3.8) is 0 Å². The number of carbonyl (C=O) groups is 2. The first-order valence-electron chi connectivity index (χ1n) is 9.68. The predicted molar refractivity (Wildman–Crippen MR) is 102 cm³/mol. The molecule has 6 heteroatoms. The van der Waals surface area contributed by atoms with Crippen molar-refractivity contribution in [2.24, 2.45) is 0 Å². The Balaban J connectivity index is 1.63. The molecule has 0 aromatic heterocycles. The van der Waals surface area contributed by atoms with Gasteiger partial charge in [0.05, 0.1) is 6.61 Å². The van der Waals surface area contributed by atoms with Gasteiger partial charge in [-0.15, -0.1) is 10.1 Å². The van der Waals surface area contributed by atoms with E-state index in [-0.39, 0.29) is 18.2 Å². The highest BCUT2D eigenvalue weighted by molar-refractivity contribution is 6.26. The number of Topliss-reactive ketones (excluding diaryl/α,β-unsaturated/α-hetero) is 2. The zero-order valence-corrected chi connectivity index (χ0v) is 15.9. The van der Waals surface area contributed by atoms with Gasteiger partial charge in [-0.05, 0) is 26.2 Å². The van der Waals surface area contributed by atoms with Gasteiger partial charge in [-0.3, -0.25) is 9.59 Å². The van der Waals surface area contributed by atoms with Crippen molar-refractivity contribution >= 4 is 11.6 Å². The molecule has 1 aromatic rings. The third-order valence-electron chi connectivity index (χ3n) is 5.00. The molecule has 0 aliphatic heterocycles. The first-order valence-corrected chi connectivity index (χ1v) is 9.68. The van der Waals surface area contributed by atoms with Gasteiger partial charge in [-0.1, -0.05) is 62.8 Å². The van der Waals surface area contributed by atoms with Crippen LogP contribution in [0, 0.1) is 10.1 Å². The smallest absolute Gasteiger partial charge is 0.294 e. The maximum Gasteiger partial charge on any atom is 0.294 e. The molecule has 0 bridgehead atoms. The van der Waals surface area contributed by atoms with Crippen molar-refractivity contribution in [2.75, 3.05) is 6.61 Å². The van der Waals surface area contributed by atoms with Crippen LogP contribution in [0.3, 0.4) is 0 Å². The summed E-state index contributed by atoms with van der Waals surface area (Å²) in [7, 11) is 0. The van der Waals surface area contributed by atoms with Crippen LogP contribution in [0.15, 0.2) is 35.4 Å². The fourth-order valence-electron chi connectivity index (χ4n) is 3.46. The van der Waals surface area contributed by atoms with Crippen LogP contribution in [0.5, 0.6) is 0 Å². The van der Waals surface area contributed by atoms with Gasteiger partial charge in [0.15, 0.2) is 11.6 Å². The maximum atomic E-state index is 12.6. The summed E-state index contributed by atoms with van der Waals surface area (Å²) in [5, 5.41) is 9.26. The minimum Gasteiger partial charge on any atom is -0.314 e. The molecule has 1 aliphatic carbocycles. The van der Waals surface area contributed by atoms with E-state index in [1.165, 1.54) is 0 Å². The van der Waals surface area contributed by atoms with E-state index < -0.39 is 5.09 Å². The molecule has 0 radical (unpaired) electrons. The summed E-state index contributed by atoms with van der Waals surface area (Å²) in [6.07, 6.45) is 8.61. The number of rotatable bonds is 12. The lowest BCUT2D eigenvalue weighted by atomic mass is 9.82. The van der Waals surface area contributed by atoms with E-state index >= 15 is 0 Å². The van der Waals surface area contributed by atoms with Crippen molar-refractivity contribution in [3.8, 4) is 0 Å². The largest absolute Gasteiger partial charge is 0.314 e. The molecule has 1 aliphatic rings. The molecule has 0 spiro atoms. The Morgan fingerprint density at radius 2 is 1.37 bits per heavy atom. The fourth-order valence-corrected chi connectivity index (χ4v) is 3.46. The van der Waals surface area contributed by atoms with Crippen LogP contribution in [0.4, 0.5) is 0 Å². The van der Waals surface area contributed by atoms with Gasteiger partial charge < -0.3 is 4.84 Å². The van der Waals surface area contributed by atoms with Crippen LogP contribution in [0.2, 0.25) is 0 Å². The lowest BCUT2D eigenvalue weighted by molar-refractivity contribution is -0.757. The second-order valence-corrected chi connectivity index (χ2v) is 6.94. The van der Waals surface area contributed by atoms with Gasteiger partial charge in [-0.25, -0.2) is 0 Å². The molecule has 0 fully saturated rings. The topological polar surface area (TPSA) is 86.5 Å². The number of carbonyl (C=O) groups excluding carboxylic acids is 2. The molecule has 0 N–H and O–H groups in total. The molecular formula is C21H27NO5. The summed E-state index contributed by atoms with van der Waals surface area (Å²) < 4.78 is 0. The Bertz CT molecular complexity index is 723. The molecule has 0 amide bonds. The zero-order valence-electron chi connectivity index (χ0n) is 15.9. The van der Waals surface area contributed by atoms with Gasteiger partial charge in [0.2, 0.25) is 0 Å². The summed E-state index contributed by atoms with van der Waals surface area (Å²) in [6.45, 7) is 1.94. The first-order chi connectivity index (χ1) is 13.0. The number of nitrogens with zero attached hydrogens (tertiary/aromatic N) is 1. The molecule has 146 valence electrons. The highest BCUT2D eigenvalue weighted by Gasteiger charge is 2.28. The summed E-state index contributed by atoms with van der Waals surface area (Å²) in [4.78, 5) is 39.4. The third-order valence-corrected chi connectivity index (χ3v) is 5.00. The van der Waals surface area contributed by atoms with E-state index in [0.29, 0.717) is 35.1 Å². The van der Waals surface area contributed by atoms with Crippen molar-refractivity contribution in [2.45, 2.75) is 64.7 Å². The monoisotopic (exact) mass is 373 g/mol. The molecule has 0 saturated carbocycles. The number of fused-ring (bicyclic) bond motifs is 1. The molecule has 6 nitrogen and oxygen atoms in total. The minimum atomic E-state index is -0.750. The van der Waals surface area contributed by atoms with Crippen molar-refractivity contribution in [1.82, 2.24) is 0 Å². The number of hydrogen-bond acceptors (Lipinski definition) is 5. The van der Waals surface area contributed by atoms with Crippen LogP contribution in [0.1, 0.15) is 85.4 Å². The summed E-state index contributed by atoms with van der Waals surface area (Å²) in [5.41, 5.74) is 2.32. The Hall–Kier alpha value is -2.50.